The fraction of sp³-hybridized carbons (Fsp3) is 0.333. The van der Waals surface area contributed by atoms with E-state index in [9.17, 15) is 13.2 Å². The predicted octanol–water partition coefficient (Wildman–Crippen LogP) is 5.50. The number of aromatic nitrogens is 3. The average molecular weight is 413 g/mol. The van der Waals surface area contributed by atoms with Gasteiger partial charge in [-0.25, -0.2) is 4.98 Å². The minimum absolute atomic E-state index is 0.178. The van der Waals surface area contributed by atoms with Crippen molar-refractivity contribution >= 4 is 31.4 Å². The lowest BCUT2D eigenvalue weighted by atomic mass is 10.1. The van der Waals surface area contributed by atoms with Crippen molar-refractivity contribution in [1.29, 1.82) is 0 Å². The summed E-state index contributed by atoms with van der Waals surface area (Å²) < 4.78 is 46.7. The van der Waals surface area contributed by atoms with Gasteiger partial charge in [0.15, 0.2) is 0 Å². The van der Waals surface area contributed by atoms with E-state index in [1.807, 2.05) is 0 Å². The van der Waals surface area contributed by atoms with Crippen molar-refractivity contribution in [3.8, 4) is 11.3 Å². The number of hydrogen-bond donors (Lipinski definition) is 0. The van der Waals surface area contributed by atoms with Gasteiger partial charge in [0.05, 0.1) is 16.3 Å². The molecule has 1 radical (unpaired) electrons. The van der Waals surface area contributed by atoms with Gasteiger partial charge in [-0.15, -0.1) is 0 Å². The highest BCUT2D eigenvalue weighted by Gasteiger charge is 2.31. The Morgan fingerprint density at radius 2 is 2.00 bits per heavy atom. The van der Waals surface area contributed by atoms with Crippen LogP contribution in [0.2, 0.25) is 24.2 Å². The molecule has 9 heteroatoms. The highest BCUT2D eigenvalue weighted by atomic mass is 35.5. The Morgan fingerprint density at radius 1 is 1.22 bits per heavy atom. The molecule has 0 aliphatic heterocycles. The maximum Gasteiger partial charge on any atom is 0.417 e. The Morgan fingerprint density at radius 3 is 2.70 bits per heavy atom. The molecule has 0 spiro atoms. The molecule has 0 N–H and O–H groups in total. The lowest BCUT2D eigenvalue weighted by molar-refractivity contribution is -0.137. The second kappa shape index (κ2) is 8.00. The van der Waals surface area contributed by atoms with Crippen LogP contribution in [0.15, 0.2) is 36.8 Å². The maximum atomic E-state index is 13.1. The second-order valence-electron chi connectivity index (χ2n) is 6.44. The van der Waals surface area contributed by atoms with Crippen molar-refractivity contribution in [2.24, 2.45) is 0 Å². The van der Waals surface area contributed by atoms with Crippen LogP contribution in [0.4, 0.5) is 13.2 Å². The standard InChI is InChI=1S/C18H18ClF3N3OSi/c1-27(2)6-5-26-11-25-16(8-14-15(19)3-4-24-17(14)25)12-7-13(10-23-9-12)18(20,21)22/h3-4,7-10H,5-6,11H2,1-2H3. The zero-order valence-electron chi connectivity index (χ0n) is 14.8. The minimum atomic E-state index is -4.47. The number of ether oxygens (including phenoxy) is 1. The lowest BCUT2D eigenvalue weighted by Gasteiger charge is -2.13. The van der Waals surface area contributed by atoms with Gasteiger partial charge in [-0.2, -0.15) is 13.2 Å². The van der Waals surface area contributed by atoms with Crippen LogP contribution in [0.1, 0.15) is 5.56 Å². The Labute approximate surface area is 161 Å². The average Bonchev–Trinajstić information content (AvgIpc) is 2.98. The van der Waals surface area contributed by atoms with E-state index in [-0.39, 0.29) is 6.73 Å². The van der Waals surface area contributed by atoms with Gasteiger partial charge in [0.25, 0.3) is 0 Å². The molecule has 0 aliphatic carbocycles. The lowest BCUT2D eigenvalue weighted by Crippen LogP contribution is -2.10. The molecule has 3 aromatic heterocycles. The molecule has 0 aliphatic rings. The van der Waals surface area contributed by atoms with Crippen LogP contribution in [-0.2, 0) is 17.6 Å². The molecule has 27 heavy (non-hydrogen) atoms. The summed E-state index contributed by atoms with van der Waals surface area (Å²) in [6.45, 7) is 5.15. The van der Waals surface area contributed by atoms with E-state index in [0.29, 0.717) is 33.9 Å². The molecule has 0 atom stereocenters. The van der Waals surface area contributed by atoms with Crippen LogP contribution >= 0.6 is 11.6 Å². The smallest absolute Gasteiger partial charge is 0.361 e. The van der Waals surface area contributed by atoms with E-state index < -0.39 is 20.5 Å². The van der Waals surface area contributed by atoms with Crippen molar-refractivity contribution in [1.82, 2.24) is 14.5 Å². The Bertz CT molecular complexity index is 943. The summed E-state index contributed by atoms with van der Waals surface area (Å²) in [4.78, 5) is 8.09. The Balaban J connectivity index is 2.04. The van der Waals surface area contributed by atoms with Crippen molar-refractivity contribution in [2.75, 3.05) is 6.61 Å². The largest absolute Gasteiger partial charge is 0.417 e. The first kappa shape index (κ1) is 19.8. The van der Waals surface area contributed by atoms with Crippen molar-refractivity contribution in [2.45, 2.75) is 32.0 Å². The van der Waals surface area contributed by atoms with Gasteiger partial charge in [-0.3, -0.25) is 4.98 Å². The molecule has 3 aromatic rings. The third-order valence-corrected chi connectivity index (χ3v) is 5.61. The summed E-state index contributed by atoms with van der Waals surface area (Å²) >= 11 is 6.25. The molecule has 3 rings (SSSR count). The van der Waals surface area contributed by atoms with E-state index >= 15 is 0 Å². The first-order chi connectivity index (χ1) is 12.8. The Hall–Kier alpha value is -1.90. The number of halogens is 4. The fourth-order valence-electron chi connectivity index (χ4n) is 2.65. The van der Waals surface area contributed by atoms with E-state index in [4.69, 9.17) is 16.3 Å². The number of nitrogens with zero attached hydrogens (tertiary/aromatic N) is 3. The number of fused-ring (bicyclic) bond motifs is 1. The second-order valence-corrected chi connectivity index (χ2v) is 9.76. The van der Waals surface area contributed by atoms with Gasteiger partial charge >= 0.3 is 6.18 Å². The van der Waals surface area contributed by atoms with Gasteiger partial charge < -0.3 is 9.30 Å². The molecular weight excluding hydrogens is 395 g/mol. The molecule has 0 saturated carbocycles. The third kappa shape index (κ3) is 4.51. The first-order valence-corrected chi connectivity index (χ1v) is 11.4. The zero-order valence-corrected chi connectivity index (χ0v) is 16.6. The topological polar surface area (TPSA) is 39.9 Å². The SMILES string of the molecule is C[Si](C)CCOCn1c(-c2cncc(C(F)(F)F)c2)cc2c(Cl)ccnc21. The van der Waals surface area contributed by atoms with Crippen LogP contribution in [0.3, 0.4) is 0 Å². The van der Waals surface area contributed by atoms with Crippen molar-refractivity contribution < 1.29 is 17.9 Å². The molecule has 0 saturated heterocycles. The van der Waals surface area contributed by atoms with Crippen LogP contribution < -0.4 is 0 Å². The Kier molecular flexibility index (Phi) is 5.88. The molecule has 143 valence electrons. The molecule has 3 heterocycles. The number of rotatable bonds is 6. The molecular formula is C18H18ClF3N3OSi. The molecule has 0 unspecified atom stereocenters. The molecule has 0 bridgehead atoms. The van der Waals surface area contributed by atoms with Crippen molar-refractivity contribution in [3.63, 3.8) is 0 Å². The van der Waals surface area contributed by atoms with E-state index in [0.717, 1.165) is 18.3 Å². The van der Waals surface area contributed by atoms with Crippen LogP contribution in [-0.4, -0.2) is 29.9 Å². The normalized spacial score (nSPS) is 12.3. The van der Waals surface area contributed by atoms with E-state index in [1.165, 1.54) is 6.20 Å². The van der Waals surface area contributed by atoms with Crippen LogP contribution in [0.25, 0.3) is 22.3 Å². The molecule has 0 aromatic carbocycles. The monoisotopic (exact) mass is 412 g/mol. The summed E-state index contributed by atoms with van der Waals surface area (Å²) in [5.41, 5.74) is 0.621. The highest BCUT2D eigenvalue weighted by Crippen LogP contribution is 2.34. The highest BCUT2D eigenvalue weighted by molar-refractivity contribution is 6.55. The molecule has 0 fully saturated rings. The first-order valence-electron chi connectivity index (χ1n) is 8.30. The minimum Gasteiger partial charge on any atom is -0.361 e. The summed E-state index contributed by atoms with van der Waals surface area (Å²) in [5.74, 6) is 0. The van der Waals surface area contributed by atoms with Gasteiger partial charge in [0.1, 0.15) is 12.4 Å². The number of alkyl halides is 3. The molecule has 0 amide bonds. The van der Waals surface area contributed by atoms with Crippen LogP contribution in [0, 0.1) is 0 Å². The summed E-state index contributed by atoms with van der Waals surface area (Å²) in [7, 11) is -0.413. The van der Waals surface area contributed by atoms with Gasteiger partial charge in [0.2, 0.25) is 0 Å². The van der Waals surface area contributed by atoms with Crippen LogP contribution in [0.5, 0.6) is 0 Å². The number of pyridine rings is 2. The van der Waals surface area contributed by atoms with E-state index in [1.54, 1.807) is 22.9 Å². The zero-order chi connectivity index (χ0) is 19.6. The van der Waals surface area contributed by atoms with Gasteiger partial charge in [0, 0.05) is 44.9 Å². The predicted molar refractivity (Wildman–Crippen MR) is 101 cm³/mol. The van der Waals surface area contributed by atoms with Gasteiger partial charge in [-0.1, -0.05) is 24.7 Å². The summed E-state index contributed by atoms with van der Waals surface area (Å²) in [6, 6.07) is 5.43. The van der Waals surface area contributed by atoms with Gasteiger partial charge in [-0.05, 0) is 24.2 Å². The number of hydrogen-bond acceptors (Lipinski definition) is 3. The summed E-state index contributed by atoms with van der Waals surface area (Å²) in [5, 5.41) is 1.14. The quantitative estimate of drug-likeness (QED) is 0.396. The molecule has 4 nitrogen and oxygen atoms in total. The fourth-order valence-corrected chi connectivity index (χ4v) is 3.40. The third-order valence-electron chi connectivity index (χ3n) is 4.07. The summed E-state index contributed by atoms with van der Waals surface area (Å²) in [6.07, 6.45) is -0.696. The van der Waals surface area contributed by atoms with Crippen molar-refractivity contribution in [3.05, 3.63) is 47.4 Å². The maximum absolute atomic E-state index is 13.1. The van der Waals surface area contributed by atoms with E-state index in [2.05, 4.69) is 23.1 Å².